The molecular weight excluding hydrogens is 309 g/mol. The van der Waals surface area contributed by atoms with Crippen LogP contribution in [0, 0.1) is 5.82 Å². The summed E-state index contributed by atoms with van der Waals surface area (Å²) in [4.78, 5) is 11.7. The first kappa shape index (κ1) is 16.9. The van der Waals surface area contributed by atoms with Crippen LogP contribution >= 0.6 is 0 Å². The second kappa shape index (κ2) is 6.72. The molecule has 0 bridgehead atoms. The Morgan fingerprint density at radius 3 is 2.55 bits per heavy atom. The lowest BCUT2D eigenvalue weighted by Gasteiger charge is -2.19. The third-order valence-corrected chi connectivity index (χ3v) is 5.25. The molecule has 0 aliphatic carbocycles. The molecule has 0 spiro atoms. The lowest BCUT2D eigenvalue weighted by atomic mass is 10.2. The summed E-state index contributed by atoms with van der Waals surface area (Å²) in [5, 5.41) is 2.66. The molecule has 1 aliphatic rings. The Morgan fingerprint density at radius 1 is 1.27 bits per heavy atom. The highest BCUT2D eigenvalue weighted by molar-refractivity contribution is 7.87. The Hall–Kier alpha value is -1.51. The van der Waals surface area contributed by atoms with Gasteiger partial charge in [-0.15, -0.1) is 0 Å². The summed E-state index contributed by atoms with van der Waals surface area (Å²) in [6.45, 7) is 3.83. The van der Waals surface area contributed by atoms with Crippen molar-refractivity contribution < 1.29 is 17.6 Å². The van der Waals surface area contributed by atoms with E-state index in [2.05, 4.69) is 5.32 Å². The van der Waals surface area contributed by atoms with Crippen LogP contribution in [0.5, 0.6) is 0 Å². The highest BCUT2D eigenvalue weighted by Crippen LogP contribution is 2.20. The van der Waals surface area contributed by atoms with Gasteiger partial charge in [0, 0.05) is 31.2 Å². The molecule has 1 saturated heterocycles. The molecule has 1 aromatic rings. The SMILES string of the molecule is CC(C)NC(=O)CN1CCN(Cc2ccccc2F)S1(=O)=O. The van der Waals surface area contributed by atoms with Crippen LogP contribution in [-0.2, 0) is 21.5 Å². The predicted molar refractivity (Wildman–Crippen MR) is 80.6 cm³/mol. The maximum atomic E-state index is 13.6. The van der Waals surface area contributed by atoms with Crippen LogP contribution in [0.2, 0.25) is 0 Å². The lowest BCUT2D eigenvalue weighted by molar-refractivity contribution is -0.121. The predicted octanol–water partition coefficient (Wildman–Crippen LogP) is 0.713. The van der Waals surface area contributed by atoms with Gasteiger partial charge in [0.05, 0.1) is 6.54 Å². The Balaban J connectivity index is 2.05. The van der Waals surface area contributed by atoms with Crippen molar-refractivity contribution in [3.63, 3.8) is 0 Å². The zero-order chi connectivity index (χ0) is 16.3. The first-order valence-corrected chi connectivity index (χ1v) is 8.48. The summed E-state index contributed by atoms with van der Waals surface area (Å²) < 4.78 is 40.7. The number of nitrogens with zero attached hydrogens (tertiary/aromatic N) is 2. The Kier molecular flexibility index (Phi) is 5.15. The normalized spacial score (nSPS) is 18.7. The molecule has 1 fully saturated rings. The summed E-state index contributed by atoms with van der Waals surface area (Å²) in [7, 11) is -3.73. The minimum atomic E-state index is -3.73. The van der Waals surface area contributed by atoms with Gasteiger partial charge >= 0.3 is 0 Å². The van der Waals surface area contributed by atoms with Crippen LogP contribution in [0.3, 0.4) is 0 Å². The fourth-order valence-corrected chi connectivity index (χ4v) is 3.82. The fraction of sp³-hybridized carbons (Fsp3) is 0.500. The van der Waals surface area contributed by atoms with Gasteiger partial charge in [-0.25, -0.2) is 4.39 Å². The van der Waals surface area contributed by atoms with Gasteiger partial charge < -0.3 is 5.32 Å². The molecule has 1 aromatic carbocycles. The zero-order valence-electron chi connectivity index (χ0n) is 12.6. The van der Waals surface area contributed by atoms with E-state index in [1.165, 1.54) is 10.4 Å². The Morgan fingerprint density at radius 2 is 1.91 bits per heavy atom. The second-order valence-corrected chi connectivity index (χ2v) is 7.42. The zero-order valence-corrected chi connectivity index (χ0v) is 13.4. The van der Waals surface area contributed by atoms with Crippen LogP contribution in [0.15, 0.2) is 24.3 Å². The monoisotopic (exact) mass is 329 g/mol. The number of benzene rings is 1. The van der Waals surface area contributed by atoms with Gasteiger partial charge in [0.2, 0.25) is 5.91 Å². The highest BCUT2D eigenvalue weighted by Gasteiger charge is 2.37. The molecule has 22 heavy (non-hydrogen) atoms. The van der Waals surface area contributed by atoms with Gasteiger partial charge in [-0.2, -0.15) is 17.0 Å². The molecule has 1 heterocycles. The minimum Gasteiger partial charge on any atom is -0.353 e. The van der Waals surface area contributed by atoms with Crippen molar-refractivity contribution in [2.45, 2.75) is 26.4 Å². The number of hydrogen-bond acceptors (Lipinski definition) is 3. The molecule has 0 unspecified atom stereocenters. The van der Waals surface area contributed by atoms with Gasteiger partial charge in [0.1, 0.15) is 5.82 Å². The number of halogens is 1. The van der Waals surface area contributed by atoms with Crippen molar-refractivity contribution in [1.82, 2.24) is 13.9 Å². The molecule has 6 nitrogen and oxygen atoms in total. The molecule has 122 valence electrons. The summed E-state index contributed by atoms with van der Waals surface area (Å²) in [5.41, 5.74) is 0.319. The highest BCUT2D eigenvalue weighted by atomic mass is 32.2. The number of carbonyl (C=O) groups excluding carboxylic acids is 1. The molecule has 0 saturated carbocycles. The van der Waals surface area contributed by atoms with Gasteiger partial charge in [-0.3, -0.25) is 4.79 Å². The maximum Gasteiger partial charge on any atom is 0.282 e. The molecule has 8 heteroatoms. The molecule has 1 aliphatic heterocycles. The van der Waals surface area contributed by atoms with E-state index in [-0.39, 0.29) is 38.1 Å². The first-order chi connectivity index (χ1) is 10.3. The topological polar surface area (TPSA) is 69.7 Å². The van der Waals surface area contributed by atoms with E-state index >= 15 is 0 Å². The van der Waals surface area contributed by atoms with Crippen molar-refractivity contribution >= 4 is 16.1 Å². The number of amides is 1. The molecule has 1 amide bonds. The van der Waals surface area contributed by atoms with Crippen molar-refractivity contribution in [3.8, 4) is 0 Å². The summed E-state index contributed by atoms with van der Waals surface area (Å²) in [6.07, 6.45) is 0. The number of hydrogen-bond donors (Lipinski definition) is 1. The van der Waals surface area contributed by atoms with E-state index in [1.54, 1.807) is 32.0 Å². The second-order valence-electron chi connectivity index (χ2n) is 5.49. The van der Waals surface area contributed by atoms with Gasteiger partial charge in [0.25, 0.3) is 10.2 Å². The van der Waals surface area contributed by atoms with Crippen molar-refractivity contribution in [2.75, 3.05) is 19.6 Å². The van der Waals surface area contributed by atoms with E-state index in [0.717, 1.165) is 4.31 Å². The van der Waals surface area contributed by atoms with Crippen LogP contribution in [0.4, 0.5) is 4.39 Å². The standard InChI is InChI=1S/C14H20FN3O3S/c1-11(2)16-14(19)10-18-8-7-17(22(18,20)21)9-12-5-3-4-6-13(12)15/h3-6,11H,7-10H2,1-2H3,(H,16,19). The molecule has 2 rings (SSSR count). The van der Waals surface area contributed by atoms with Crippen molar-refractivity contribution in [2.24, 2.45) is 0 Å². The Bertz CT molecular complexity index is 648. The molecule has 1 N–H and O–H groups in total. The third-order valence-electron chi connectivity index (χ3n) is 3.33. The van der Waals surface area contributed by atoms with Crippen LogP contribution in [-0.4, -0.2) is 48.6 Å². The third kappa shape index (κ3) is 3.82. The minimum absolute atomic E-state index is 0.0305. The van der Waals surface area contributed by atoms with E-state index in [0.29, 0.717) is 5.56 Å². The molecular formula is C14H20FN3O3S. The largest absolute Gasteiger partial charge is 0.353 e. The molecule has 0 radical (unpaired) electrons. The summed E-state index contributed by atoms with van der Waals surface area (Å²) >= 11 is 0. The number of rotatable bonds is 5. The molecule has 0 aromatic heterocycles. The summed E-state index contributed by atoms with van der Waals surface area (Å²) in [6, 6.07) is 6.02. The van der Waals surface area contributed by atoms with Gasteiger partial charge in [-0.05, 0) is 19.9 Å². The smallest absolute Gasteiger partial charge is 0.282 e. The lowest BCUT2D eigenvalue weighted by Crippen LogP contribution is -2.42. The molecule has 0 atom stereocenters. The fourth-order valence-electron chi connectivity index (χ4n) is 2.28. The van der Waals surface area contributed by atoms with Crippen LogP contribution < -0.4 is 5.32 Å². The van der Waals surface area contributed by atoms with E-state index in [4.69, 9.17) is 0 Å². The summed E-state index contributed by atoms with van der Waals surface area (Å²) in [5.74, 6) is -0.778. The van der Waals surface area contributed by atoms with Crippen LogP contribution in [0.1, 0.15) is 19.4 Å². The first-order valence-electron chi connectivity index (χ1n) is 7.08. The van der Waals surface area contributed by atoms with E-state index in [9.17, 15) is 17.6 Å². The van der Waals surface area contributed by atoms with Crippen molar-refractivity contribution in [3.05, 3.63) is 35.6 Å². The quantitative estimate of drug-likeness (QED) is 0.865. The average molecular weight is 329 g/mol. The Labute approximate surface area is 130 Å². The number of carbonyl (C=O) groups is 1. The van der Waals surface area contributed by atoms with Crippen molar-refractivity contribution in [1.29, 1.82) is 0 Å². The average Bonchev–Trinajstić information content (AvgIpc) is 2.67. The van der Waals surface area contributed by atoms with Gasteiger partial charge in [0.15, 0.2) is 0 Å². The number of nitrogens with one attached hydrogen (secondary N) is 1. The van der Waals surface area contributed by atoms with Crippen LogP contribution in [0.25, 0.3) is 0 Å². The van der Waals surface area contributed by atoms with E-state index in [1.807, 2.05) is 0 Å². The van der Waals surface area contributed by atoms with E-state index < -0.39 is 16.0 Å². The maximum absolute atomic E-state index is 13.6. The van der Waals surface area contributed by atoms with Gasteiger partial charge in [-0.1, -0.05) is 18.2 Å².